The molecule has 0 spiro atoms. The van der Waals surface area contributed by atoms with Crippen molar-refractivity contribution in [3.8, 4) is 5.00 Å². The van der Waals surface area contributed by atoms with Crippen LogP contribution in [0.3, 0.4) is 0 Å². The number of nitrogens with zero attached hydrogens (tertiary/aromatic N) is 2. The predicted octanol–water partition coefficient (Wildman–Crippen LogP) is 4.86. The van der Waals surface area contributed by atoms with Gasteiger partial charge in [0, 0.05) is 48.2 Å². The highest BCUT2D eigenvalue weighted by Crippen LogP contribution is 2.35. The van der Waals surface area contributed by atoms with Crippen LogP contribution in [-0.2, 0) is 19.5 Å². The summed E-state index contributed by atoms with van der Waals surface area (Å²) in [6.45, 7) is 10.0. The first-order valence-corrected chi connectivity index (χ1v) is 11.0. The highest BCUT2D eigenvalue weighted by atomic mass is 32.1. The van der Waals surface area contributed by atoms with Crippen molar-refractivity contribution in [2.75, 3.05) is 18.4 Å². The largest absolute Gasteiger partial charge is 0.334 e. The third kappa shape index (κ3) is 4.23. The summed E-state index contributed by atoms with van der Waals surface area (Å²) in [5.41, 5.74) is 5.87. The van der Waals surface area contributed by atoms with E-state index in [0.29, 0.717) is 6.54 Å². The van der Waals surface area contributed by atoms with Crippen LogP contribution in [0.15, 0.2) is 42.7 Å². The topological polar surface area (TPSA) is 49.3 Å². The van der Waals surface area contributed by atoms with E-state index in [4.69, 9.17) is 0 Å². The third-order valence-electron chi connectivity index (χ3n) is 5.70. The lowest BCUT2D eigenvalue weighted by atomic mass is 10.0. The first-order valence-electron chi connectivity index (χ1n) is 10.2. The van der Waals surface area contributed by atoms with Gasteiger partial charge in [0.05, 0.1) is 0 Å². The SMILES string of the molecule is CCN1CCc2c(sc(-n3cccc3)c2CNC(=O)Nc2ccc(C)c(C)c2)C1. The molecule has 5 nitrogen and oxygen atoms in total. The number of carbonyl (C=O) groups excluding carboxylic acids is 1. The van der Waals surface area contributed by atoms with Gasteiger partial charge in [0.25, 0.3) is 0 Å². The van der Waals surface area contributed by atoms with Crippen molar-refractivity contribution in [3.63, 3.8) is 0 Å². The molecule has 3 heterocycles. The number of urea groups is 1. The molecule has 2 N–H and O–H groups in total. The quantitative estimate of drug-likeness (QED) is 0.634. The normalized spacial score (nSPS) is 13.9. The molecule has 0 saturated carbocycles. The molecule has 0 fully saturated rings. The molecule has 29 heavy (non-hydrogen) atoms. The van der Waals surface area contributed by atoms with Gasteiger partial charge in [-0.15, -0.1) is 11.3 Å². The molecule has 0 radical (unpaired) electrons. The van der Waals surface area contributed by atoms with Crippen molar-refractivity contribution < 1.29 is 4.79 Å². The van der Waals surface area contributed by atoms with E-state index in [1.54, 1.807) is 0 Å². The molecule has 0 atom stereocenters. The van der Waals surface area contributed by atoms with Gasteiger partial charge in [0.2, 0.25) is 0 Å². The molecule has 152 valence electrons. The van der Waals surface area contributed by atoms with Crippen molar-refractivity contribution in [2.45, 2.75) is 40.3 Å². The molecule has 0 saturated heterocycles. The van der Waals surface area contributed by atoms with Crippen LogP contribution in [0.25, 0.3) is 5.00 Å². The Labute approximate surface area is 176 Å². The second-order valence-corrected chi connectivity index (χ2v) is 8.69. The number of hydrogen-bond donors (Lipinski definition) is 2. The van der Waals surface area contributed by atoms with Gasteiger partial charge >= 0.3 is 6.03 Å². The van der Waals surface area contributed by atoms with E-state index in [-0.39, 0.29) is 6.03 Å². The number of likely N-dealkylation sites (N-methyl/N-ethyl adjacent to an activating group) is 1. The van der Waals surface area contributed by atoms with Crippen molar-refractivity contribution in [1.29, 1.82) is 0 Å². The van der Waals surface area contributed by atoms with E-state index in [0.717, 1.165) is 31.7 Å². The molecule has 4 rings (SSSR count). The Morgan fingerprint density at radius 3 is 2.69 bits per heavy atom. The molecule has 1 aliphatic rings. The average molecular weight is 409 g/mol. The standard InChI is InChI=1S/C23H28N4OS/c1-4-26-12-9-19-20(22(29-21(19)15-26)27-10-5-6-11-27)14-24-23(28)25-18-8-7-16(2)17(3)13-18/h5-8,10-11,13H,4,9,12,14-15H2,1-3H3,(H2,24,25,28). The Morgan fingerprint density at radius 1 is 1.17 bits per heavy atom. The zero-order valence-electron chi connectivity index (χ0n) is 17.3. The summed E-state index contributed by atoms with van der Waals surface area (Å²) in [4.78, 5) is 16.4. The number of fused-ring (bicyclic) bond motifs is 1. The Hall–Kier alpha value is -2.57. The summed E-state index contributed by atoms with van der Waals surface area (Å²) >= 11 is 1.85. The minimum absolute atomic E-state index is 0.169. The van der Waals surface area contributed by atoms with Gasteiger partial charge in [-0.05, 0) is 67.8 Å². The number of amides is 2. The molecule has 0 aliphatic carbocycles. The van der Waals surface area contributed by atoms with E-state index in [1.807, 2.05) is 41.7 Å². The van der Waals surface area contributed by atoms with E-state index in [1.165, 1.54) is 32.1 Å². The average Bonchev–Trinajstić information content (AvgIpc) is 3.36. The molecular formula is C23H28N4OS. The lowest BCUT2D eigenvalue weighted by Gasteiger charge is -2.25. The fourth-order valence-corrected chi connectivity index (χ4v) is 5.18. The summed E-state index contributed by atoms with van der Waals surface area (Å²) in [5, 5.41) is 7.25. The highest BCUT2D eigenvalue weighted by Gasteiger charge is 2.24. The third-order valence-corrected chi connectivity index (χ3v) is 6.97. The number of aryl methyl sites for hydroxylation is 2. The van der Waals surface area contributed by atoms with Crippen LogP contribution in [0.1, 0.15) is 34.1 Å². The number of nitrogens with one attached hydrogen (secondary N) is 2. The zero-order valence-corrected chi connectivity index (χ0v) is 18.1. The van der Waals surface area contributed by atoms with Gasteiger partial charge in [-0.1, -0.05) is 13.0 Å². The number of carbonyl (C=O) groups is 1. The smallest absolute Gasteiger partial charge is 0.319 e. The van der Waals surface area contributed by atoms with E-state index < -0.39 is 0 Å². The predicted molar refractivity (Wildman–Crippen MR) is 120 cm³/mol. The molecule has 0 unspecified atom stereocenters. The van der Waals surface area contributed by atoms with Crippen LogP contribution in [0.2, 0.25) is 0 Å². The number of anilines is 1. The zero-order chi connectivity index (χ0) is 20.4. The summed E-state index contributed by atoms with van der Waals surface area (Å²) < 4.78 is 2.16. The van der Waals surface area contributed by atoms with Crippen LogP contribution in [0.4, 0.5) is 10.5 Å². The maximum absolute atomic E-state index is 12.5. The number of thiophene rings is 1. The van der Waals surface area contributed by atoms with Crippen LogP contribution in [0.5, 0.6) is 0 Å². The highest BCUT2D eigenvalue weighted by molar-refractivity contribution is 7.14. The number of hydrogen-bond acceptors (Lipinski definition) is 3. The van der Waals surface area contributed by atoms with Crippen molar-refractivity contribution >= 4 is 23.1 Å². The number of rotatable bonds is 5. The lowest BCUT2D eigenvalue weighted by molar-refractivity contribution is 0.251. The Morgan fingerprint density at radius 2 is 1.97 bits per heavy atom. The fourth-order valence-electron chi connectivity index (χ4n) is 3.80. The number of aromatic nitrogens is 1. The Bertz CT molecular complexity index is 1010. The number of benzene rings is 1. The molecule has 0 bridgehead atoms. The minimum Gasteiger partial charge on any atom is -0.334 e. The molecular weight excluding hydrogens is 380 g/mol. The first-order chi connectivity index (χ1) is 14.0. The lowest BCUT2D eigenvalue weighted by Crippen LogP contribution is -2.31. The fraction of sp³-hybridized carbons (Fsp3) is 0.348. The van der Waals surface area contributed by atoms with Crippen molar-refractivity contribution in [1.82, 2.24) is 14.8 Å². The van der Waals surface area contributed by atoms with Crippen LogP contribution in [0, 0.1) is 13.8 Å². The summed E-state index contributed by atoms with van der Waals surface area (Å²) in [6, 6.07) is 9.90. The summed E-state index contributed by atoms with van der Waals surface area (Å²) in [5.74, 6) is 0. The molecule has 1 aliphatic heterocycles. The summed E-state index contributed by atoms with van der Waals surface area (Å²) in [6.07, 6.45) is 5.19. The Kier molecular flexibility index (Phi) is 5.74. The van der Waals surface area contributed by atoms with Crippen LogP contribution >= 0.6 is 11.3 Å². The second-order valence-electron chi connectivity index (χ2n) is 7.60. The minimum atomic E-state index is -0.169. The molecule has 3 aromatic rings. The molecule has 2 aromatic heterocycles. The molecule has 1 aromatic carbocycles. The first kappa shape index (κ1) is 19.7. The van der Waals surface area contributed by atoms with Gasteiger partial charge in [0.1, 0.15) is 5.00 Å². The maximum Gasteiger partial charge on any atom is 0.319 e. The van der Waals surface area contributed by atoms with Crippen LogP contribution in [-0.4, -0.2) is 28.6 Å². The summed E-state index contributed by atoms with van der Waals surface area (Å²) in [7, 11) is 0. The van der Waals surface area contributed by atoms with Gasteiger partial charge < -0.3 is 15.2 Å². The molecule has 2 amide bonds. The maximum atomic E-state index is 12.5. The van der Waals surface area contributed by atoms with E-state index in [9.17, 15) is 4.79 Å². The van der Waals surface area contributed by atoms with Gasteiger partial charge in [-0.3, -0.25) is 4.90 Å². The van der Waals surface area contributed by atoms with Crippen LogP contribution < -0.4 is 10.6 Å². The second kappa shape index (κ2) is 8.43. The van der Waals surface area contributed by atoms with Gasteiger partial charge in [-0.2, -0.15) is 0 Å². The molecule has 6 heteroatoms. The van der Waals surface area contributed by atoms with Gasteiger partial charge in [0.15, 0.2) is 0 Å². The van der Waals surface area contributed by atoms with Gasteiger partial charge in [-0.25, -0.2) is 4.79 Å². The van der Waals surface area contributed by atoms with E-state index >= 15 is 0 Å². The van der Waals surface area contributed by atoms with Crippen molar-refractivity contribution in [3.05, 3.63) is 69.9 Å². The Balaban J connectivity index is 1.52. The van der Waals surface area contributed by atoms with Crippen molar-refractivity contribution in [2.24, 2.45) is 0 Å². The van der Waals surface area contributed by atoms with E-state index in [2.05, 4.69) is 53.3 Å². The monoisotopic (exact) mass is 408 g/mol.